The Morgan fingerprint density at radius 1 is 1.28 bits per heavy atom. The van der Waals surface area contributed by atoms with Crippen LogP contribution in [0.3, 0.4) is 0 Å². The van der Waals surface area contributed by atoms with Crippen molar-refractivity contribution in [3.05, 3.63) is 41.5 Å². The van der Waals surface area contributed by atoms with E-state index in [9.17, 15) is 23.2 Å². The quantitative estimate of drug-likeness (QED) is 0.533. The van der Waals surface area contributed by atoms with E-state index in [0.29, 0.717) is 38.3 Å². The van der Waals surface area contributed by atoms with E-state index in [2.05, 4.69) is 5.32 Å². The van der Waals surface area contributed by atoms with E-state index >= 15 is 0 Å². The smallest absolute Gasteiger partial charge is 0.325 e. The fraction of sp³-hybridized carbons (Fsp3) is 0.522. The number of halogens is 2. The lowest BCUT2D eigenvalue weighted by atomic mass is 9.95. The molecule has 1 spiro atoms. The molecule has 0 radical (unpaired) electrons. The van der Waals surface area contributed by atoms with Crippen LogP contribution in [0.5, 0.6) is 0 Å². The number of nitrogens with zero attached hydrogens (tertiary/aromatic N) is 2. The number of carbonyl (C=O) groups excluding carboxylic acids is 3. The van der Waals surface area contributed by atoms with Crippen molar-refractivity contribution in [3.8, 4) is 0 Å². The first-order valence-corrected chi connectivity index (χ1v) is 10.7. The predicted octanol–water partition coefficient (Wildman–Crippen LogP) is 2.32. The average molecular weight is 449 g/mol. The van der Waals surface area contributed by atoms with Gasteiger partial charge in [-0.1, -0.05) is 13.8 Å². The van der Waals surface area contributed by atoms with Crippen molar-refractivity contribution in [1.82, 2.24) is 15.1 Å². The molecule has 1 atom stereocenters. The minimum atomic E-state index is -0.722. The Labute approximate surface area is 186 Å². The number of likely N-dealkylation sites (tertiary alicyclic amines) is 1. The molecule has 1 aromatic carbocycles. The van der Waals surface area contributed by atoms with Gasteiger partial charge in [0.2, 0.25) is 11.8 Å². The van der Waals surface area contributed by atoms with Gasteiger partial charge in [-0.15, -0.1) is 0 Å². The number of carbonyl (C=O) groups is 3. The summed E-state index contributed by atoms with van der Waals surface area (Å²) < 4.78 is 31.9. The SMILES string of the molecule is COC(=O)CN1C(=O)[C@H](CC(C)C)NC12CCN(C(=O)/C=C/c1cc(F)ccc1F)CC2. The molecule has 1 N–H and O–H groups in total. The zero-order valence-electron chi connectivity index (χ0n) is 18.6. The third kappa shape index (κ3) is 5.15. The summed E-state index contributed by atoms with van der Waals surface area (Å²) in [6, 6.07) is 2.66. The minimum Gasteiger partial charge on any atom is -0.468 e. The number of benzene rings is 1. The van der Waals surface area contributed by atoms with Gasteiger partial charge in [0, 0.05) is 37.6 Å². The van der Waals surface area contributed by atoms with Gasteiger partial charge in [0.05, 0.1) is 18.8 Å². The molecule has 0 saturated carbocycles. The van der Waals surface area contributed by atoms with Crippen LogP contribution in [0.25, 0.3) is 6.08 Å². The van der Waals surface area contributed by atoms with Crippen LogP contribution in [0, 0.1) is 17.6 Å². The Bertz CT molecular complexity index is 911. The molecule has 0 aromatic heterocycles. The molecule has 0 unspecified atom stereocenters. The summed E-state index contributed by atoms with van der Waals surface area (Å²) in [7, 11) is 1.28. The zero-order valence-corrected chi connectivity index (χ0v) is 18.6. The topological polar surface area (TPSA) is 79.0 Å². The van der Waals surface area contributed by atoms with Crippen molar-refractivity contribution >= 4 is 23.9 Å². The normalized spacial score (nSPS) is 20.6. The van der Waals surface area contributed by atoms with Crippen LogP contribution in [0.1, 0.15) is 38.7 Å². The number of piperidine rings is 1. The van der Waals surface area contributed by atoms with Crippen LogP contribution in [-0.2, 0) is 19.1 Å². The third-order valence-electron chi connectivity index (χ3n) is 6.01. The summed E-state index contributed by atoms with van der Waals surface area (Å²) in [5.41, 5.74) is -0.726. The molecule has 3 rings (SSSR count). The molecule has 1 aromatic rings. The average Bonchev–Trinajstić information content (AvgIpc) is 2.99. The van der Waals surface area contributed by atoms with Crippen LogP contribution in [0.2, 0.25) is 0 Å². The maximum atomic E-state index is 13.8. The molecule has 0 aliphatic carbocycles. The van der Waals surface area contributed by atoms with Crippen LogP contribution in [-0.4, -0.2) is 66.0 Å². The van der Waals surface area contributed by atoms with Crippen molar-refractivity contribution in [2.75, 3.05) is 26.7 Å². The highest BCUT2D eigenvalue weighted by atomic mass is 19.1. The highest BCUT2D eigenvalue weighted by Crippen LogP contribution is 2.34. The highest BCUT2D eigenvalue weighted by molar-refractivity contribution is 5.92. The molecule has 2 aliphatic heterocycles. The Kier molecular flexibility index (Phi) is 7.28. The highest BCUT2D eigenvalue weighted by Gasteiger charge is 2.52. The molecular formula is C23H29F2N3O4. The summed E-state index contributed by atoms with van der Waals surface area (Å²) in [6.07, 6.45) is 4.00. The van der Waals surface area contributed by atoms with E-state index in [1.807, 2.05) is 13.8 Å². The lowest BCUT2D eigenvalue weighted by molar-refractivity contribution is -0.150. The molecule has 9 heteroatoms. The van der Waals surface area contributed by atoms with Crippen LogP contribution in [0.15, 0.2) is 24.3 Å². The second-order valence-corrected chi connectivity index (χ2v) is 8.68. The van der Waals surface area contributed by atoms with E-state index in [1.165, 1.54) is 19.3 Å². The molecule has 2 heterocycles. The second-order valence-electron chi connectivity index (χ2n) is 8.68. The van der Waals surface area contributed by atoms with Gasteiger partial charge in [0.1, 0.15) is 18.2 Å². The number of ether oxygens (including phenoxy) is 1. The Morgan fingerprint density at radius 2 is 1.97 bits per heavy atom. The lowest BCUT2D eigenvalue weighted by Gasteiger charge is -2.44. The number of nitrogens with one attached hydrogen (secondary N) is 1. The van der Waals surface area contributed by atoms with Gasteiger partial charge in [-0.2, -0.15) is 0 Å². The first-order valence-electron chi connectivity index (χ1n) is 10.7. The molecule has 0 bridgehead atoms. The third-order valence-corrected chi connectivity index (χ3v) is 6.01. The fourth-order valence-corrected chi connectivity index (χ4v) is 4.34. The fourth-order valence-electron chi connectivity index (χ4n) is 4.34. The summed E-state index contributed by atoms with van der Waals surface area (Å²) in [5, 5.41) is 3.42. The van der Waals surface area contributed by atoms with Gasteiger partial charge in [-0.05, 0) is 36.6 Å². The Balaban J connectivity index is 1.70. The molecular weight excluding hydrogens is 420 g/mol. The number of hydrogen-bond acceptors (Lipinski definition) is 5. The van der Waals surface area contributed by atoms with E-state index in [1.54, 1.807) is 9.80 Å². The Hall–Kier alpha value is -2.81. The standard InChI is InChI=1S/C23H29F2N3O4/c1-15(2)12-19-22(31)28(14-21(30)32-3)23(26-19)8-10-27(11-9-23)20(29)7-4-16-13-17(24)5-6-18(16)25/h4-7,13,15,19,26H,8-12,14H2,1-3H3/b7-4+/t19-/m0/s1. The second kappa shape index (κ2) is 9.77. The first kappa shape index (κ1) is 23.8. The summed E-state index contributed by atoms with van der Waals surface area (Å²) >= 11 is 0. The molecule has 2 aliphatic rings. The predicted molar refractivity (Wildman–Crippen MR) is 114 cm³/mol. The van der Waals surface area contributed by atoms with Gasteiger partial charge in [0.25, 0.3) is 0 Å². The summed E-state index contributed by atoms with van der Waals surface area (Å²) in [6.45, 7) is 4.60. The van der Waals surface area contributed by atoms with Gasteiger partial charge in [-0.25, -0.2) is 8.78 Å². The maximum absolute atomic E-state index is 13.8. The summed E-state index contributed by atoms with van der Waals surface area (Å²) in [5.74, 6) is -1.87. The molecule has 174 valence electrons. The number of amides is 2. The van der Waals surface area contributed by atoms with Crippen molar-refractivity contribution in [3.63, 3.8) is 0 Å². The minimum absolute atomic E-state index is 0.00401. The number of esters is 1. The van der Waals surface area contributed by atoms with Crippen molar-refractivity contribution in [2.45, 2.75) is 44.8 Å². The number of rotatable bonds is 6. The van der Waals surface area contributed by atoms with Crippen molar-refractivity contribution < 1.29 is 27.9 Å². The monoisotopic (exact) mass is 449 g/mol. The van der Waals surface area contributed by atoms with Gasteiger partial charge >= 0.3 is 5.97 Å². The van der Waals surface area contributed by atoms with E-state index < -0.39 is 29.3 Å². The number of hydrogen-bond donors (Lipinski definition) is 1. The van der Waals surface area contributed by atoms with Crippen LogP contribution < -0.4 is 5.32 Å². The van der Waals surface area contributed by atoms with Crippen molar-refractivity contribution in [1.29, 1.82) is 0 Å². The van der Waals surface area contributed by atoms with Gasteiger partial charge in [0.15, 0.2) is 0 Å². The van der Waals surface area contributed by atoms with E-state index in [4.69, 9.17) is 4.74 Å². The van der Waals surface area contributed by atoms with Gasteiger partial charge in [-0.3, -0.25) is 19.7 Å². The van der Waals surface area contributed by atoms with Crippen molar-refractivity contribution in [2.24, 2.45) is 5.92 Å². The molecule has 32 heavy (non-hydrogen) atoms. The molecule has 2 fully saturated rings. The number of methoxy groups -OCH3 is 1. The Morgan fingerprint density at radius 3 is 2.59 bits per heavy atom. The molecule has 2 amide bonds. The first-order chi connectivity index (χ1) is 15.1. The van der Waals surface area contributed by atoms with Crippen LogP contribution >= 0.6 is 0 Å². The summed E-state index contributed by atoms with van der Waals surface area (Å²) in [4.78, 5) is 40.7. The zero-order chi connectivity index (χ0) is 23.5. The van der Waals surface area contributed by atoms with Crippen LogP contribution in [0.4, 0.5) is 8.78 Å². The van der Waals surface area contributed by atoms with E-state index in [0.717, 1.165) is 18.2 Å². The van der Waals surface area contributed by atoms with Gasteiger partial charge < -0.3 is 14.5 Å². The molecule has 2 saturated heterocycles. The lowest BCUT2D eigenvalue weighted by Crippen LogP contribution is -2.60. The largest absolute Gasteiger partial charge is 0.468 e. The molecule has 7 nitrogen and oxygen atoms in total. The van der Waals surface area contributed by atoms with E-state index in [-0.39, 0.29) is 23.9 Å². The maximum Gasteiger partial charge on any atom is 0.325 e.